The number of carbonyl (C=O) groups excluding carboxylic acids is 1. The summed E-state index contributed by atoms with van der Waals surface area (Å²) in [4.78, 5) is 29.4. The van der Waals surface area contributed by atoms with Crippen molar-refractivity contribution in [1.82, 2.24) is 0 Å². The smallest absolute Gasteiger partial charge is 0.325 e. The van der Waals surface area contributed by atoms with E-state index in [4.69, 9.17) is 15.5 Å². The van der Waals surface area contributed by atoms with Crippen LogP contribution in [-0.2, 0) is 15.8 Å². The van der Waals surface area contributed by atoms with E-state index >= 15 is 0 Å². The molecule has 0 saturated heterocycles. The third-order valence-corrected chi connectivity index (χ3v) is 5.63. The number of alkyl halides is 1. The third-order valence-electron chi connectivity index (χ3n) is 4.69. The number of hydrogen-bond donors (Lipinski definition) is 4. The fourth-order valence-electron chi connectivity index (χ4n) is 2.91. The summed E-state index contributed by atoms with van der Waals surface area (Å²) in [7, 11) is -4.89. The molecule has 0 radical (unpaired) electrons. The fourth-order valence-corrected chi connectivity index (χ4v) is 3.41. The molecule has 6 nitrogen and oxygen atoms in total. The first kappa shape index (κ1) is 24.8. The van der Waals surface area contributed by atoms with Gasteiger partial charge in [-0.3, -0.25) is 9.36 Å². The highest BCUT2D eigenvalue weighted by atomic mass is 31.2. The van der Waals surface area contributed by atoms with E-state index in [1.54, 1.807) is 12.1 Å². The number of hydrogen-bond acceptors (Lipinski definition) is 3. The zero-order valence-corrected chi connectivity index (χ0v) is 17.5. The topological polar surface area (TPSA) is 113 Å². The second-order valence-corrected chi connectivity index (χ2v) is 9.02. The molecule has 28 heavy (non-hydrogen) atoms. The van der Waals surface area contributed by atoms with Gasteiger partial charge in [0.15, 0.2) is 0 Å². The van der Waals surface area contributed by atoms with Crippen molar-refractivity contribution in [3.05, 3.63) is 29.8 Å². The van der Waals surface area contributed by atoms with Crippen LogP contribution in [0.4, 0.5) is 10.1 Å². The Morgan fingerprint density at radius 2 is 1.61 bits per heavy atom. The van der Waals surface area contributed by atoms with E-state index in [1.165, 1.54) is 50.5 Å². The lowest BCUT2D eigenvalue weighted by Gasteiger charge is -2.16. The van der Waals surface area contributed by atoms with Crippen LogP contribution in [0.25, 0.3) is 0 Å². The second kappa shape index (κ2) is 13.0. The Hall–Kier alpha value is -1.27. The number of rotatable bonds is 14. The third kappa shape index (κ3) is 10.3. The molecule has 1 aromatic rings. The van der Waals surface area contributed by atoms with Crippen molar-refractivity contribution >= 4 is 19.2 Å². The van der Waals surface area contributed by atoms with Gasteiger partial charge in [0.2, 0.25) is 11.8 Å². The Bertz CT molecular complexity index is 621. The Labute approximate surface area is 167 Å². The molecule has 0 aliphatic rings. The number of carbonyl (C=O) groups is 1. The van der Waals surface area contributed by atoms with E-state index in [0.29, 0.717) is 5.69 Å². The van der Waals surface area contributed by atoms with Gasteiger partial charge in [0.25, 0.3) is 0 Å². The monoisotopic (exact) mass is 416 g/mol. The van der Waals surface area contributed by atoms with E-state index in [1.807, 2.05) is 12.1 Å². The number of anilines is 1. The van der Waals surface area contributed by atoms with E-state index in [0.717, 1.165) is 12.8 Å². The van der Waals surface area contributed by atoms with E-state index < -0.39 is 31.9 Å². The predicted octanol–water partition coefficient (Wildman–Crippen LogP) is 4.50. The quantitative estimate of drug-likeness (QED) is 0.263. The van der Waals surface area contributed by atoms with Crippen LogP contribution in [0.5, 0.6) is 0 Å². The van der Waals surface area contributed by atoms with E-state index in [2.05, 4.69) is 12.2 Å². The molecule has 1 aromatic carbocycles. The summed E-state index contributed by atoms with van der Waals surface area (Å²) >= 11 is 0. The lowest BCUT2D eigenvalue weighted by molar-refractivity contribution is -0.117. The number of benzene rings is 1. The summed E-state index contributed by atoms with van der Waals surface area (Å²) in [6.45, 7) is 2.22. The maximum absolute atomic E-state index is 13.3. The van der Waals surface area contributed by atoms with Gasteiger partial charge in [-0.2, -0.15) is 0 Å². The van der Waals surface area contributed by atoms with Crippen molar-refractivity contribution in [3.8, 4) is 0 Å². The van der Waals surface area contributed by atoms with Gasteiger partial charge < -0.3 is 20.8 Å². The maximum Gasteiger partial charge on any atom is 0.359 e. The molecule has 0 aliphatic heterocycles. The van der Waals surface area contributed by atoms with Crippen LogP contribution in [0.2, 0.25) is 0 Å². The van der Waals surface area contributed by atoms with Crippen LogP contribution < -0.4 is 11.1 Å². The standard InChI is InChI=1S/C20H34FN2O4P/c1-2-3-4-5-6-7-8-9-10-16-11-13-17(14-12-16)23-20(24)18(22)15-19(21)28(25,26)27/h11-14,18-19H,2-10,15,22H2,1H3,(H,23,24)(H2,25,26,27)/t18-,19?/m1/s1. The summed E-state index contributed by atoms with van der Waals surface area (Å²) in [5.74, 6) is -3.12. The minimum absolute atomic E-state index is 0.520. The normalized spacial score (nSPS) is 13.9. The summed E-state index contributed by atoms with van der Waals surface area (Å²) in [5, 5.41) is 2.54. The summed E-state index contributed by atoms with van der Waals surface area (Å²) in [5.41, 5.74) is 7.23. The molecule has 1 rings (SSSR count). The van der Waals surface area contributed by atoms with Crippen LogP contribution in [0.3, 0.4) is 0 Å². The molecule has 8 heteroatoms. The van der Waals surface area contributed by atoms with Crippen molar-refractivity contribution in [3.63, 3.8) is 0 Å². The number of amides is 1. The molecule has 0 aliphatic carbocycles. The molecule has 0 bridgehead atoms. The zero-order chi connectivity index (χ0) is 21.0. The summed E-state index contributed by atoms with van der Waals surface area (Å²) in [6, 6.07) is 6.02. The molecule has 1 unspecified atom stereocenters. The summed E-state index contributed by atoms with van der Waals surface area (Å²) < 4.78 is 24.1. The van der Waals surface area contributed by atoms with Crippen LogP contribution in [-0.4, -0.2) is 27.6 Å². The number of nitrogens with two attached hydrogens (primary N) is 1. The van der Waals surface area contributed by atoms with Crippen molar-refractivity contribution in [2.24, 2.45) is 5.73 Å². The Morgan fingerprint density at radius 3 is 2.14 bits per heavy atom. The number of unbranched alkanes of at least 4 members (excludes halogenated alkanes) is 7. The zero-order valence-electron chi connectivity index (χ0n) is 16.6. The molecule has 0 heterocycles. The van der Waals surface area contributed by atoms with Crippen molar-refractivity contribution in [2.75, 3.05) is 5.32 Å². The molecule has 1 amide bonds. The van der Waals surface area contributed by atoms with Gasteiger partial charge in [-0.15, -0.1) is 0 Å². The van der Waals surface area contributed by atoms with Crippen molar-refractivity contribution in [1.29, 1.82) is 0 Å². The first-order valence-corrected chi connectivity index (χ1v) is 11.8. The van der Waals surface area contributed by atoms with Crippen LogP contribution in [0, 0.1) is 0 Å². The lowest BCUT2D eigenvalue weighted by atomic mass is 10.0. The highest BCUT2D eigenvalue weighted by Gasteiger charge is 2.32. The Balaban J connectivity index is 2.30. The van der Waals surface area contributed by atoms with E-state index in [-0.39, 0.29) is 0 Å². The van der Waals surface area contributed by atoms with Gasteiger partial charge in [-0.25, -0.2) is 4.39 Å². The van der Waals surface area contributed by atoms with Crippen LogP contribution >= 0.6 is 7.60 Å². The van der Waals surface area contributed by atoms with Gasteiger partial charge in [0.05, 0.1) is 6.04 Å². The predicted molar refractivity (Wildman–Crippen MR) is 111 cm³/mol. The summed E-state index contributed by atoms with van der Waals surface area (Å²) in [6.07, 6.45) is 10.4. The van der Waals surface area contributed by atoms with Gasteiger partial charge in [0, 0.05) is 12.1 Å². The first-order valence-electron chi connectivity index (χ1n) is 10.1. The molecule has 0 fully saturated rings. The van der Waals surface area contributed by atoms with Crippen LogP contribution in [0.15, 0.2) is 24.3 Å². The molecule has 0 spiro atoms. The van der Waals surface area contributed by atoms with Gasteiger partial charge in [0.1, 0.15) is 0 Å². The van der Waals surface area contributed by atoms with Crippen molar-refractivity contribution in [2.45, 2.75) is 83.1 Å². The molecule has 0 aromatic heterocycles. The average Bonchev–Trinajstić information content (AvgIpc) is 2.64. The van der Waals surface area contributed by atoms with Crippen LogP contribution in [0.1, 0.15) is 70.3 Å². The minimum Gasteiger partial charge on any atom is -0.325 e. The SMILES string of the molecule is CCCCCCCCCCc1ccc(NC(=O)[C@H](N)CC(F)P(=O)(O)O)cc1. The maximum atomic E-state index is 13.3. The highest BCUT2D eigenvalue weighted by Crippen LogP contribution is 2.44. The Morgan fingerprint density at radius 1 is 1.07 bits per heavy atom. The second-order valence-electron chi connectivity index (χ2n) is 7.28. The number of nitrogens with one attached hydrogen (secondary N) is 1. The Kier molecular flexibility index (Phi) is 11.5. The van der Waals surface area contributed by atoms with Gasteiger partial charge in [-0.1, -0.05) is 64.0 Å². The largest absolute Gasteiger partial charge is 0.359 e. The number of aryl methyl sites for hydroxylation is 1. The molecule has 5 N–H and O–H groups in total. The molecule has 2 atom stereocenters. The average molecular weight is 416 g/mol. The fraction of sp³-hybridized carbons (Fsp3) is 0.650. The highest BCUT2D eigenvalue weighted by molar-refractivity contribution is 7.52. The molecule has 0 saturated carbocycles. The van der Waals surface area contributed by atoms with E-state index in [9.17, 15) is 13.8 Å². The van der Waals surface area contributed by atoms with Crippen molar-refractivity contribution < 1.29 is 23.5 Å². The van der Waals surface area contributed by atoms with Gasteiger partial charge >= 0.3 is 7.60 Å². The van der Waals surface area contributed by atoms with Gasteiger partial charge in [-0.05, 0) is 30.5 Å². The first-order chi connectivity index (χ1) is 13.2. The number of halogens is 1. The molecular weight excluding hydrogens is 382 g/mol. The molecular formula is C20H34FN2O4P. The minimum atomic E-state index is -4.89. The molecule has 160 valence electrons. The lowest BCUT2D eigenvalue weighted by Crippen LogP contribution is -2.37.